The van der Waals surface area contributed by atoms with E-state index in [1.807, 2.05) is 45.8 Å². The van der Waals surface area contributed by atoms with Crippen LogP contribution < -0.4 is 0 Å². The minimum Gasteiger partial charge on any atom is -0.329 e. The van der Waals surface area contributed by atoms with Crippen molar-refractivity contribution < 1.29 is 4.57 Å². The molecule has 5 aromatic heterocycles. The predicted molar refractivity (Wildman–Crippen MR) is 109 cm³/mol. The van der Waals surface area contributed by atoms with Crippen molar-refractivity contribution >= 4 is 18.3 Å². The smallest absolute Gasteiger partial charge is 0.177 e. The van der Waals surface area contributed by atoms with Gasteiger partial charge in [-0.2, -0.15) is 9.61 Å². The predicted octanol–water partition coefficient (Wildman–Crippen LogP) is 2.81. The highest BCUT2D eigenvalue weighted by molar-refractivity contribution is 7.61. The van der Waals surface area contributed by atoms with Crippen LogP contribution in [0, 0.1) is 0 Å². The molecule has 0 aromatic carbocycles. The number of aromatic nitrogens is 8. The first kappa shape index (κ1) is 17.8. The molecule has 9 nitrogen and oxygen atoms in total. The molecule has 0 unspecified atom stereocenters. The van der Waals surface area contributed by atoms with Crippen LogP contribution in [0.3, 0.4) is 0 Å². The number of hydrogen-bond acceptors (Lipinski definition) is 6. The maximum atomic E-state index is 12.1. The van der Waals surface area contributed by atoms with Crippen molar-refractivity contribution in [2.45, 2.75) is 12.7 Å². The Hall–Kier alpha value is -3.32. The van der Waals surface area contributed by atoms with Gasteiger partial charge in [-0.15, -0.1) is 10.2 Å². The van der Waals surface area contributed by atoms with E-state index in [1.165, 1.54) is 0 Å². The molecule has 10 heteroatoms. The molecule has 0 radical (unpaired) electrons. The molecule has 0 aliphatic heterocycles. The third kappa shape index (κ3) is 3.56. The van der Waals surface area contributed by atoms with Crippen LogP contribution in [-0.4, -0.2) is 52.1 Å². The van der Waals surface area contributed by atoms with Crippen molar-refractivity contribution in [2.24, 2.45) is 0 Å². The summed E-state index contributed by atoms with van der Waals surface area (Å²) in [4.78, 5) is 8.57. The van der Waals surface area contributed by atoms with Crippen LogP contribution in [0.4, 0.5) is 0 Å². The Kier molecular flexibility index (Phi) is 4.06. The first-order valence-electron chi connectivity index (χ1n) is 9.13. The summed E-state index contributed by atoms with van der Waals surface area (Å²) in [5.74, 6) is 0.743. The normalized spacial score (nSPS) is 12.2. The van der Waals surface area contributed by atoms with Crippen LogP contribution in [-0.2, 0) is 17.3 Å². The lowest BCUT2D eigenvalue weighted by Crippen LogP contribution is -2.02. The lowest BCUT2D eigenvalue weighted by atomic mass is 10.2. The topological polar surface area (TPSA) is 95.3 Å². The summed E-state index contributed by atoms with van der Waals surface area (Å²) in [5.41, 5.74) is 4.24. The summed E-state index contributed by atoms with van der Waals surface area (Å²) in [6, 6.07) is 7.82. The highest BCUT2D eigenvalue weighted by atomic mass is 31.2. The summed E-state index contributed by atoms with van der Waals surface area (Å²) in [6.07, 6.45) is 10.2. The summed E-state index contributed by atoms with van der Waals surface area (Å²) in [6.45, 7) is 3.53. The molecular weight excluding hydrogens is 387 g/mol. The average Bonchev–Trinajstić information content (AvgIpc) is 3.40. The largest absolute Gasteiger partial charge is 0.329 e. The number of pyridine rings is 1. The van der Waals surface area contributed by atoms with Gasteiger partial charge in [-0.25, -0.2) is 9.97 Å². The van der Waals surface area contributed by atoms with E-state index in [9.17, 15) is 4.57 Å². The van der Waals surface area contributed by atoms with Gasteiger partial charge in [0.05, 0.1) is 30.7 Å². The average molecular weight is 406 g/mol. The molecule has 5 heterocycles. The zero-order valence-electron chi connectivity index (χ0n) is 16.0. The summed E-state index contributed by atoms with van der Waals surface area (Å²) >= 11 is 0. The van der Waals surface area contributed by atoms with Crippen LogP contribution >= 0.6 is 7.14 Å². The molecule has 0 saturated heterocycles. The van der Waals surface area contributed by atoms with Crippen molar-refractivity contribution in [3.05, 3.63) is 66.9 Å². The molecule has 0 aliphatic carbocycles. The fraction of sp³-hybridized carbons (Fsp3) is 0.211. The van der Waals surface area contributed by atoms with E-state index >= 15 is 0 Å². The minimum atomic E-state index is -2.18. The van der Waals surface area contributed by atoms with E-state index in [0.717, 1.165) is 22.6 Å². The molecule has 0 N–H and O–H groups in total. The Bertz CT molecular complexity index is 1380. The van der Waals surface area contributed by atoms with Gasteiger partial charge in [0.15, 0.2) is 11.5 Å². The quantitative estimate of drug-likeness (QED) is 0.417. The minimum absolute atomic E-state index is 0.455. The van der Waals surface area contributed by atoms with Crippen LogP contribution in [0.2, 0.25) is 0 Å². The molecule has 29 heavy (non-hydrogen) atoms. The fourth-order valence-electron chi connectivity index (χ4n) is 3.30. The second kappa shape index (κ2) is 6.63. The monoisotopic (exact) mass is 406 g/mol. The third-order valence-corrected chi connectivity index (χ3v) is 5.57. The van der Waals surface area contributed by atoms with E-state index < -0.39 is 7.14 Å². The second-order valence-corrected chi connectivity index (χ2v) is 11.0. The number of nitrogens with zero attached hydrogens (tertiary/aromatic N) is 8. The van der Waals surface area contributed by atoms with E-state index in [1.54, 1.807) is 30.5 Å². The highest BCUT2D eigenvalue weighted by Crippen LogP contribution is 2.38. The molecule has 5 rings (SSSR count). The third-order valence-electron chi connectivity index (χ3n) is 4.56. The molecule has 0 aliphatic rings. The number of fused-ring (bicyclic) bond motifs is 2. The van der Waals surface area contributed by atoms with Crippen molar-refractivity contribution in [3.63, 3.8) is 0 Å². The first-order valence-corrected chi connectivity index (χ1v) is 11.9. The zero-order valence-corrected chi connectivity index (χ0v) is 16.9. The van der Waals surface area contributed by atoms with Crippen LogP contribution in [0.15, 0.2) is 55.5 Å². The van der Waals surface area contributed by atoms with E-state index in [4.69, 9.17) is 5.10 Å². The van der Waals surface area contributed by atoms with Crippen LogP contribution in [0.1, 0.15) is 11.4 Å². The van der Waals surface area contributed by atoms with Gasteiger partial charge in [0.1, 0.15) is 18.5 Å². The number of hydrogen-bond donors (Lipinski definition) is 0. The van der Waals surface area contributed by atoms with Gasteiger partial charge in [-0.1, -0.05) is 6.07 Å². The number of rotatable bonds is 5. The van der Waals surface area contributed by atoms with Gasteiger partial charge in [0, 0.05) is 18.8 Å². The molecule has 146 valence electrons. The van der Waals surface area contributed by atoms with Gasteiger partial charge >= 0.3 is 0 Å². The maximum absolute atomic E-state index is 12.1. The summed E-state index contributed by atoms with van der Waals surface area (Å²) in [7, 11) is -2.18. The van der Waals surface area contributed by atoms with Crippen molar-refractivity contribution in [3.8, 4) is 11.4 Å². The Labute approximate surface area is 166 Å². The van der Waals surface area contributed by atoms with Gasteiger partial charge in [0.2, 0.25) is 0 Å². The van der Waals surface area contributed by atoms with Gasteiger partial charge in [0.25, 0.3) is 0 Å². The Morgan fingerprint density at radius 2 is 1.90 bits per heavy atom. The number of imidazole rings is 2. The maximum Gasteiger partial charge on any atom is 0.177 e. The van der Waals surface area contributed by atoms with Crippen molar-refractivity contribution in [1.29, 1.82) is 0 Å². The Morgan fingerprint density at radius 3 is 2.76 bits per heavy atom. The molecule has 0 atom stereocenters. The second-order valence-electron chi connectivity index (χ2n) is 7.53. The fourth-order valence-corrected chi connectivity index (χ4v) is 4.24. The molecule has 0 spiro atoms. The summed E-state index contributed by atoms with van der Waals surface area (Å²) in [5, 5.41) is 13.2. The molecule has 5 aromatic rings. The molecule has 0 saturated carbocycles. The highest BCUT2D eigenvalue weighted by Gasteiger charge is 2.13. The van der Waals surface area contributed by atoms with Crippen molar-refractivity contribution in [2.75, 3.05) is 13.3 Å². The lowest BCUT2D eigenvalue weighted by molar-refractivity contribution is 0.574. The molecule has 0 amide bonds. The van der Waals surface area contributed by atoms with E-state index in [-0.39, 0.29) is 0 Å². The van der Waals surface area contributed by atoms with E-state index in [0.29, 0.717) is 24.0 Å². The summed E-state index contributed by atoms with van der Waals surface area (Å²) < 4.78 is 17.6. The Balaban J connectivity index is 1.48. The Morgan fingerprint density at radius 1 is 1.00 bits per heavy atom. The van der Waals surface area contributed by atoms with Crippen LogP contribution in [0.25, 0.3) is 22.6 Å². The lowest BCUT2D eigenvalue weighted by Gasteiger charge is -2.06. The first-order chi connectivity index (χ1) is 13.9. The van der Waals surface area contributed by atoms with Gasteiger partial charge in [-0.3, -0.25) is 0 Å². The van der Waals surface area contributed by atoms with Gasteiger partial charge < -0.3 is 13.5 Å². The molecular formula is C19H19N8OP. The van der Waals surface area contributed by atoms with Gasteiger partial charge in [-0.05, 0) is 37.1 Å². The zero-order chi connectivity index (χ0) is 20.0. The van der Waals surface area contributed by atoms with Crippen molar-refractivity contribution in [1.82, 2.24) is 38.7 Å². The SMILES string of the molecule is CP(C)(=O)Cn1cnc(-c2ccc3nnc(Cc4ccc5cncn5c4)n3n2)c1. The molecule has 0 bridgehead atoms. The van der Waals surface area contributed by atoms with Crippen LogP contribution in [0.5, 0.6) is 0 Å². The standard InChI is InChI=1S/C19H19N8OP/c1-29(2,28)13-25-10-17(21-12-25)16-5-6-18-22-23-19(27(18)24-16)7-14-3-4-15-8-20-11-26(15)9-14/h3-6,8-12H,7,13H2,1-2H3. The van der Waals surface area contributed by atoms with E-state index in [2.05, 4.69) is 26.2 Å². The molecule has 0 fully saturated rings.